The number of nitrogens with zero attached hydrogens (tertiary/aromatic N) is 3. The van der Waals surface area contributed by atoms with Crippen molar-refractivity contribution in [1.29, 1.82) is 0 Å². The Morgan fingerprint density at radius 3 is 2.78 bits per heavy atom. The topological polar surface area (TPSA) is 39.9 Å². The number of hydrogen-bond acceptors (Lipinski definition) is 3. The molecule has 0 saturated carbocycles. The van der Waals surface area contributed by atoms with Gasteiger partial charge in [-0.05, 0) is 6.92 Å². The van der Waals surface area contributed by atoms with Gasteiger partial charge in [0.15, 0.2) is 0 Å². The molecule has 0 fully saturated rings. The highest BCUT2D eigenvalue weighted by Gasteiger charge is 2.09. The van der Waals surface area contributed by atoms with Gasteiger partial charge in [-0.3, -0.25) is 0 Å². The summed E-state index contributed by atoms with van der Waals surface area (Å²) < 4.78 is 7.27. The summed E-state index contributed by atoms with van der Waals surface area (Å²) in [6, 6.07) is 9.78. The first-order valence-electron chi connectivity index (χ1n) is 5.50. The van der Waals surface area contributed by atoms with Crippen LogP contribution in [0.5, 0.6) is 0 Å². The second kappa shape index (κ2) is 5.69. The van der Waals surface area contributed by atoms with Gasteiger partial charge >= 0.3 is 0 Å². The summed E-state index contributed by atoms with van der Waals surface area (Å²) in [5.74, 6) is 3.17. The normalized spacial score (nSPS) is 11.6. The second-order valence-electron chi connectivity index (χ2n) is 3.61. The summed E-state index contributed by atoms with van der Waals surface area (Å²) >= 11 is 0. The molecule has 1 aromatic carbocycles. The zero-order chi connectivity index (χ0) is 12.8. The fourth-order valence-corrected chi connectivity index (χ4v) is 1.59. The van der Waals surface area contributed by atoms with E-state index in [1.807, 2.05) is 37.3 Å². The molecule has 4 nitrogen and oxygen atoms in total. The van der Waals surface area contributed by atoms with Crippen LogP contribution in [0.4, 0.5) is 0 Å². The molecule has 0 aliphatic rings. The maximum absolute atomic E-state index is 5.62. The van der Waals surface area contributed by atoms with E-state index >= 15 is 0 Å². The average molecular weight is 239 g/mol. The first kappa shape index (κ1) is 11.9. The van der Waals surface area contributed by atoms with Gasteiger partial charge in [-0.1, -0.05) is 36.3 Å². The maximum atomic E-state index is 5.62. The molecule has 0 aliphatic heterocycles. The molecule has 90 valence electrons. The van der Waals surface area contributed by atoms with Crippen LogP contribution in [0.3, 0.4) is 0 Å². The van der Waals surface area contributed by atoms with Crippen LogP contribution >= 0.6 is 0 Å². The number of terminal acetylenes is 1. The van der Waals surface area contributed by atoms with Crippen LogP contribution in [-0.2, 0) is 4.74 Å². The lowest BCUT2D eigenvalue weighted by Crippen LogP contribution is -2.02. The smallest absolute Gasteiger partial charge is 0.149 e. The third kappa shape index (κ3) is 2.58. The molecule has 18 heavy (non-hydrogen) atoms. The summed E-state index contributed by atoms with van der Waals surface area (Å²) in [5.41, 5.74) is 1.80. The van der Waals surface area contributed by atoms with E-state index in [-0.39, 0.29) is 6.61 Å². The van der Waals surface area contributed by atoms with Gasteiger partial charge < -0.3 is 4.74 Å². The molecule has 0 radical (unpaired) electrons. The number of allylic oxidation sites excluding steroid dienone is 1. The van der Waals surface area contributed by atoms with E-state index in [1.54, 1.807) is 11.0 Å². The van der Waals surface area contributed by atoms with Crippen molar-refractivity contribution in [3.63, 3.8) is 0 Å². The lowest BCUT2D eigenvalue weighted by atomic mass is 10.1. The monoisotopic (exact) mass is 239 g/mol. The number of benzene rings is 1. The summed E-state index contributed by atoms with van der Waals surface area (Å²) in [5, 5.41) is 4.09. The Kier molecular flexibility index (Phi) is 3.77. The quantitative estimate of drug-likeness (QED) is 0.607. The Balaban J connectivity index is 2.43. The Morgan fingerprint density at radius 1 is 1.39 bits per heavy atom. The highest BCUT2D eigenvalue weighted by atomic mass is 16.5. The molecule has 4 heteroatoms. The molecule has 0 spiro atoms. The van der Waals surface area contributed by atoms with E-state index in [0.29, 0.717) is 5.76 Å². The standard InChI is InChI=1S/C14H13N3O/c1-3-9-18-14(13-7-5-4-6-8-13)12(2)17-11-15-10-16-17/h1,4-8,10-11H,9H2,2H3. The van der Waals surface area contributed by atoms with E-state index in [2.05, 4.69) is 16.0 Å². The van der Waals surface area contributed by atoms with Gasteiger partial charge in [-0.2, -0.15) is 5.10 Å². The van der Waals surface area contributed by atoms with Crippen molar-refractivity contribution in [2.24, 2.45) is 0 Å². The van der Waals surface area contributed by atoms with Crippen molar-refractivity contribution >= 4 is 11.5 Å². The van der Waals surface area contributed by atoms with Gasteiger partial charge in [-0.25, -0.2) is 9.67 Å². The minimum atomic E-state index is 0.219. The van der Waals surface area contributed by atoms with Gasteiger partial charge in [0.2, 0.25) is 0 Å². The molecule has 0 bridgehead atoms. The van der Waals surface area contributed by atoms with E-state index in [0.717, 1.165) is 11.3 Å². The highest BCUT2D eigenvalue weighted by Crippen LogP contribution is 2.22. The molecule has 0 N–H and O–H groups in total. The van der Waals surface area contributed by atoms with Crippen LogP contribution in [0.2, 0.25) is 0 Å². The Labute approximate surface area is 106 Å². The Bertz CT molecular complexity index is 565. The van der Waals surface area contributed by atoms with Crippen LogP contribution < -0.4 is 0 Å². The molecular formula is C14H13N3O. The number of aromatic nitrogens is 3. The zero-order valence-electron chi connectivity index (χ0n) is 10.1. The predicted octanol–water partition coefficient (Wildman–Crippen LogP) is 2.27. The molecule has 0 aliphatic carbocycles. The van der Waals surface area contributed by atoms with Crippen LogP contribution in [0.25, 0.3) is 11.5 Å². The molecule has 0 amide bonds. The lowest BCUT2D eigenvalue weighted by molar-refractivity contribution is 0.326. The Morgan fingerprint density at radius 2 is 2.17 bits per heavy atom. The van der Waals surface area contributed by atoms with Crippen molar-refractivity contribution in [2.75, 3.05) is 6.61 Å². The molecule has 1 aromatic heterocycles. The Hall–Kier alpha value is -2.54. The first-order chi connectivity index (χ1) is 8.83. The van der Waals surface area contributed by atoms with Gasteiger partial charge in [0, 0.05) is 5.56 Å². The second-order valence-corrected chi connectivity index (χ2v) is 3.61. The molecule has 2 aromatic rings. The summed E-state index contributed by atoms with van der Waals surface area (Å²) in [7, 11) is 0. The van der Waals surface area contributed by atoms with E-state index in [1.165, 1.54) is 6.33 Å². The van der Waals surface area contributed by atoms with E-state index < -0.39 is 0 Å². The minimum Gasteiger partial charge on any atom is -0.478 e. The van der Waals surface area contributed by atoms with Crippen LogP contribution in [0.15, 0.2) is 43.0 Å². The van der Waals surface area contributed by atoms with Gasteiger partial charge in [-0.15, -0.1) is 6.42 Å². The van der Waals surface area contributed by atoms with Gasteiger partial charge in [0.1, 0.15) is 25.0 Å². The fourth-order valence-electron chi connectivity index (χ4n) is 1.59. The number of rotatable bonds is 4. The van der Waals surface area contributed by atoms with Crippen molar-refractivity contribution in [3.8, 4) is 12.3 Å². The summed E-state index contributed by atoms with van der Waals surface area (Å²) in [6.07, 6.45) is 8.34. The largest absolute Gasteiger partial charge is 0.478 e. The molecule has 2 rings (SSSR count). The van der Waals surface area contributed by atoms with Crippen LogP contribution in [0, 0.1) is 12.3 Å². The van der Waals surface area contributed by atoms with Crippen LogP contribution in [-0.4, -0.2) is 21.4 Å². The lowest BCUT2D eigenvalue weighted by Gasteiger charge is -2.12. The molecular weight excluding hydrogens is 226 g/mol. The summed E-state index contributed by atoms with van der Waals surface area (Å²) in [4.78, 5) is 3.92. The van der Waals surface area contributed by atoms with E-state index in [9.17, 15) is 0 Å². The predicted molar refractivity (Wildman–Crippen MR) is 70.0 cm³/mol. The summed E-state index contributed by atoms with van der Waals surface area (Å²) in [6.45, 7) is 2.13. The SMILES string of the molecule is C#CCOC(=C(C)n1cncn1)c1ccccc1. The van der Waals surface area contributed by atoms with Crippen LogP contribution in [0.1, 0.15) is 12.5 Å². The number of ether oxygens (including phenoxy) is 1. The van der Waals surface area contributed by atoms with Crippen molar-refractivity contribution < 1.29 is 4.74 Å². The number of hydrogen-bond donors (Lipinski definition) is 0. The van der Waals surface area contributed by atoms with Crippen molar-refractivity contribution in [1.82, 2.24) is 14.8 Å². The van der Waals surface area contributed by atoms with Crippen molar-refractivity contribution in [3.05, 3.63) is 48.5 Å². The highest BCUT2D eigenvalue weighted by molar-refractivity contribution is 5.77. The molecule has 0 unspecified atom stereocenters. The van der Waals surface area contributed by atoms with Crippen molar-refractivity contribution in [2.45, 2.75) is 6.92 Å². The van der Waals surface area contributed by atoms with Gasteiger partial charge in [0.05, 0.1) is 5.70 Å². The molecule has 0 atom stereocenters. The molecule has 0 saturated heterocycles. The average Bonchev–Trinajstić information content (AvgIpc) is 2.94. The third-order valence-electron chi connectivity index (χ3n) is 2.43. The zero-order valence-corrected chi connectivity index (χ0v) is 10.1. The van der Waals surface area contributed by atoms with Gasteiger partial charge in [0.25, 0.3) is 0 Å². The third-order valence-corrected chi connectivity index (χ3v) is 2.43. The maximum Gasteiger partial charge on any atom is 0.149 e. The van der Waals surface area contributed by atoms with E-state index in [4.69, 9.17) is 11.2 Å². The first-order valence-corrected chi connectivity index (χ1v) is 5.50. The fraction of sp³-hybridized carbons (Fsp3) is 0.143. The minimum absolute atomic E-state index is 0.219. The molecule has 1 heterocycles.